The molecule has 0 aliphatic heterocycles. The fourth-order valence-corrected chi connectivity index (χ4v) is 11.6. The molecule has 0 aromatic rings. The number of phosphoric acid groups is 1. The summed E-state index contributed by atoms with van der Waals surface area (Å²) in [6.45, 7) is 6.85. The second-order valence-corrected chi connectivity index (χ2v) is 27.9. The van der Waals surface area contributed by atoms with E-state index in [9.17, 15) is 19.0 Å². The lowest BCUT2D eigenvalue weighted by Crippen LogP contribution is -2.47. The standard InChI is InChI=1S/C77H143N2O7P/c1-7-10-13-16-19-22-25-27-29-31-33-35-37-38-39-40-42-44-46-48-50-52-55-58-61-64-67-70-77(81)86-75(68-65-62-59-56-53-24-21-18-15-12-9-3)74(73-85-87(82,83)84-72-71-79(4,5)6)78-76(80)69-66-63-60-57-54-51-49-47-45-43-41-36-34-32-30-28-26-23-20-17-14-11-8-2/h19,22,27-30,33,35,38-39,65,68,74-75H,7-18,20-21,23-26,31-32,34,36-37,40-64,66-67,69-73H2,1-6H3,(H-,78,80,82,83)/b22-19-,29-27-,30-28+,35-33-,39-38-,68-65+. The van der Waals surface area contributed by atoms with Gasteiger partial charge in [-0.25, -0.2) is 0 Å². The molecule has 0 rings (SSSR count). The van der Waals surface area contributed by atoms with Crippen LogP contribution < -0.4 is 10.2 Å². The number of hydrogen-bond donors (Lipinski definition) is 1. The van der Waals surface area contributed by atoms with E-state index >= 15 is 0 Å². The predicted molar refractivity (Wildman–Crippen MR) is 376 cm³/mol. The molecule has 10 heteroatoms. The summed E-state index contributed by atoms with van der Waals surface area (Å²) in [6.07, 6.45) is 87.5. The van der Waals surface area contributed by atoms with E-state index in [1.807, 2.05) is 33.3 Å². The van der Waals surface area contributed by atoms with Crippen molar-refractivity contribution in [3.8, 4) is 0 Å². The third-order valence-corrected chi connectivity index (χ3v) is 17.6. The van der Waals surface area contributed by atoms with Gasteiger partial charge in [0, 0.05) is 12.8 Å². The van der Waals surface area contributed by atoms with Crippen LogP contribution in [0.25, 0.3) is 0 Å². The molecule has 0 spiro atoms. The maximum atomic E-state index is 13.6. The molecule has 3 unspecified atom stereocenters. The molecule has 0 radical (unpaired) electrons. The lowest BCUT2D eigenvalue weighted by atomic mass is 10.0. The van der Waals surface area contributed by atoms with E-state index in [4.69, 9.17) is 13.8 Å². The van der Waals surface area contributed by atoms with Crippen LogP contribution in [0.4, 0.5) is 0 Å². The SMILES string of the molecule is CCCCC/C=C\C/C=C\C/C=C\C/C=C\CCCCCCCCCCCCCC(=O)OC(/C=C/CCCCCCCCCCC)C(COP(=O)([O-])OCC[N+](C)(C)C)NC(=O)CCCCCCCCCCCCCCC/C=C/CCCCCCCC. The molecule has 0 aromatic carbocycles. The highest BCUT2D eigenvalue weighted by molar-refractivity contribution is 7.45. The third kappa shape index (κ3) is 67.7. The average Bonchev–Trinajstić information content (AvgIpc) is 3.70. The van der Waals surface area contributed by atoms with Crippen molar-refractivity contribution in [1.82, 2.24) is 5.32 Å². The normalized spacial score (nSPS) is 13.9. The van der Waals surface area contributed by atoms with Gasteiger partial charge < -0.3 is 28.5 Å². The fraction of sp³-hybridized carbons (Fsp3) is 0.818. The van der Waals surface area contributed by atoms with Crippen LogP contribution in [0.15, 0.2) is 72.9 Å². The van der Waals surface area contributed by atoms with Gasteiger partial charge in [0.2, 0.25) is 5.91 Å². The quantitative estimate of drug-likeness (QED) is 0.0212. The number of quaternary nitrogens is 1. The number of phosphoric ester groups is 1. The molecule has 1 N–H and O–H groups in total. The van der Waals surface area contributed by atoms with Gasteiger partial charge in [0.05, 0.1) is 33.8 Å². The molecule has 0 bridgehead atoms. The molecular weight excluding hydrogens is 1100 g/mol. The zero-order chi connectivity index (χ0) is 63.5. The van der Waals surface area contributed by atoms with E-state index in [1.54, 1.807) is 0 Å². The Kier molecular flexibility index (Phi) is 64.4. The zero-order valence-corrected chi connectivity index (χ0v) is 59.1. The zero-order valence-electron chi connectivity index (χ0n) is 58.2. The van der Waals surface area contributed by atoms with Crippen LogP contribution >= 0.6 is 7.82 Å². The Morgan fingerprint density at radius 3 is 1.08 bits per heavy atom. The van der Waals surface area contributed by atoms with Gasteiger partial charge >= 0.3 is 5.97 Å². The molecule has 3 atom stereocenters. The van der Waals surface area contributed by atoms with Crippen molar-refractivity contribution in [3.05, 3.63) is 72.9 Å². The van der Waals surface area contributed by atoms with Crippen molar-refractivity contribution < 1.29 is 37.3 Å². The molecule has 0 saturated heterocycles. The van der Waals surface area contributed by atoms with Crippen LogP contribution in [-0.2, 0) is 27.9 Å². The number of carbonyl (C=O) groups is 2. The van der Waals surface area contributed by atoms with Crippen molar-refractivity contribution in [2.75, 3.05) is 40.9 Å². The van der Waals surface area contributed by atoms with Gasteiger partial charge in [0.1, 0.15) is 19.3 Å². The fourth-order valence-electron chi connectivity index (χ4n) is 10.9. The minimum absolute atomic E-state index is 0.0233. The molecule has 9 nitrogen and oxygen atoms in total. The van der Waals surface area contributed by atoms with E-state index in [2.05, 4.69) is 86.8 Å². The summed E-state index contributed by atoms with van der Waals surface area (Å²) in [5, 5.41) is 3.05. The molecule has 0 aromatic heterocycles. The predicted octanol–water partition coefficient (Wildman–Crippen LogP) is 23.3. The third-order valence-electron chi connectivity index (χ3n) is 16.6. The maximum absolute atomic E-state index is 13.6. The van der Waals surface area contributed by atoms with E-state index in [-0.39, 0.29) is 31.5 Å². The Labute approximate surface area is 540 Å². The Morgan fingerprint density at radius 2 is 0.701 bits per heavy atom. The summed E-state index contributed by atoms with van der Waals surface area (Å²) in [5.74, 6) is -0.534. The first-order chi connectivity index (χ1) is 42.4. The van der Waals surface area contributed by atoms with Crippen LogP contribution in [0.2, 0.25) is 0 Å². The highest BCUT2D eigenvalue weighted by Gasteiger charge is 2.27. The van der Waals surface area contributed by atoms with E-state index in [1.165, 1.54) is 244 Å². The number of likely N-dealkylation sites (N-methyl/N-ethyl adjacent to an activating group) is 1. The summed E-state index contributed by atoms with van der Waals surface area (Å²) in [7, 11) is 1.19. The Bertz CT molecular complexity index is 1720. The van der Waals surface area contributed by atoms with Crippen LogP contribution in [0.1, 0.15) is 355 Å². The number of nitrogens with one attached hydrogen (secondary N) is 1. The molecule has 1 amide bonds. The molecule has 0 fully saturated rings. The number of rotatable bonds is 68. The van der Waals surface area contributed by atoms with Gasteiger partial charge in [0.15, 0.2) is 0 Å². The number of hydrogen-bond acceptors (Lipinski definition) is 7. The van der Waals surface area contributed by atoms with Gasteiger partial charge in [-0.15, -0.1) is 0 Å². The van der Waals surface area contributed by atoms with Crippen molar-refractivity contribution in [3.63, 3.8) is 0 Å². The summed E-state index contributed by atoms with van der Waals surface area (Å²) < 4.78 is 30.5. The average molecular weight is 1240 g/mol. The molecular formula is C77H143N2O7P. The number of carbonyl (C=O) groups excluding carboxylic acids is 2. The molecule has 0 heterocycles. The second kappa shape index (κ2) is 66.4. The number of unbranched alkanes of at least 4 members (excludes halogenated alkanes) is 42. The van der Waals surface area contributed by atoms with Crippen molar-refractivity contribution in [1.29, 1.82) is 0 Å². The number of nitrogens with zero attached hydrogens (tertiary/aromatic N) is 1. The van der Waals surface area contributed by atoms with Crippen LogP contribution in [0, 0.1) is 0 Å². The van der Waals surface area contributed by atoms with Crippen molar-refractivity contribution in [2.45, 2.75) is 367 Å². The largest absolute Gasteiger partial charge is 0.756 e. The summed E-state index contributed by atoms with van der Waals surface area (Å²) in [6, 6.07) is -0.892. The molecule has 0 aliphatic rings. The van der Waals surface area contributed by atoms with Crippen LogP contribution in [-0.4, -0.2) is 69.4 Å². The summed E-state index contributed by atoms with van der Waals surface area (Å²) in [5.41, 5.74) is 0. The lowest BCUT2D eigenvalue weighted by molar-refractivity contribution is -0.870. The number of ether oxygens (including phenoxy) is 1. The van der Waals surface area contributed by atoms with Gasteiger partial charge in [-0.05, 0) is 102 Å². The monoisotopic (exact) mass is 1240 g/mol. The Balaban J connectivity index is 4.96. The first kappa shape index (κ1) is 84.5. The van der Waals surface area contributed by atoms with Gasteiger partial charge in [-0.1, -0.05) is 312 Å². The number of esters is 1. The number of allylic oxidation sites excluding steroid dienone is 11. The van der Waals surface area contributed by atoms with Crippen molar-refractivity contribution >= 4 is 19.7 Å². The van der Waals surface area contributed by atoms with E-state index in [0.717, 1.165) is 77.0 Å². The highest BCUT2D eigenvalue weighted by atomic mass is 31.2. The number of amides is 1. The lowest BCUT2D eigenvalue weighted by Gasteiger charge is -2.30. The summed E-state index contributed by atoms with van der Waals surface area (Å²) in [4.78, 5) is 40.2. The first-order valence-corrected chi connectivity index (χ1v) is 38.7. The smallest absolute Gasteiger partial charge is 0.306 e. The van der Waals surface area contributed by atoms with Gasteiger partial charge in [0.25, 0.3) is 7.82 Å². The summed E-state index contributed by atoms with van der Waals surface area (Å²) >= 11 is 0. The Morgan fingerprint density at radius 1 is 0.402 bits per heavy atom. The molecule has 87 heavy (non-hydrogen) atoms. The van der Waals surface area contributed by atoms with Gasteiger partial charge in [-0.3, -0.25) is 14.2 Å². The molecule has 0 aliphatic carbocycles. The van der Waals surface area contributed by atoms with E-state index in [0.29, 0.717) is 17.4 Å². The van der Waals surface area contributed by atoms with E-state index < -0.39 is 20.0 Å². The molecule has 508 valence electrons. The minimum Gasteiger partial charge on any atom is -0.756 e. The molecule has 0 saturated carbocycles. The van der Waals surface area contributed by atoms with Crippen molar-refractivity contribution in [2.24, 2.45) is 0 Å². The van der Waals surface area contributed by atoms with Crippen LogP contribution in [0.5, 0.6) is 0 Å². The topological polar surface area (TPSA) is 114 Å². The first-order valence-electron chi connectivity index (χ1n) is 37.2. The van der Waals surface area contributed by atoms with Crippen LogP contribution in [0.3, 0.4) is 0 Å². The van der Waals surface area contributed by atoms with Gasteiger partial charge in [-0.2, -0.15) is 0 Å². The second-order valence-electron chi connectivity index (χ2n) is 26.4. The highest BCUT2D eigenvalue weighted by Crippen LogP contribution is 2.38. The Hall–Kier alpha value is -2.55. The maximum Gasteiger partial charge on any atom is 0.306 e. The minimum atomic E-state index is -4.71.